The predicted molar refractivity (Wildman–Crippen MR) is 99.5 cm³/mol. The molecule has 1 aromatic carbocycles. The number of carbonyl (C=O) groups is 2. The van der Waals surface area contributed by atoms with Crippen molar-refractivity contribution in [1.82, 2.24) is 15.6 Å². The van der Waals surface area contributed by atoms with Crippen molar-refractivity contribution >= 4 is 57.1 Å². The van der Waals surface area contributed by atoms with Crippen molar-refractivity contribution in [3.05, 3.63) is 56.5 Å². The van der Waals surface area contributed by atoms with Gasteiger partial charge in [0, 0.05) is 0 Å². The smallest absolute Gasteiger partial charge is 0.268 e. The summed E-state index contributed by atoms with van der Waals surface area (Å²) in [6, 6.07) is 9.13. The minimum atomic E-state index is -0.244. The summed E-state index contributed by atoms with van der Waals surface area (Å²) in [7, 11) is 0. The highest BCUT2D eigenvalue weighted by atomic mass is 35.5. The van der Waals surface area contributed by atoms with Crippen molar-refractivity contribution in [1.29, 1.82) is 0 Å². The molecule has 0 fully saturated rings. The number of H-pyrrole nitrogens is 1. The van der Waals surface area contributed by atoms with Crippen molar-refractivity contribution in [2.45, 2.75) is 18.5 Å². The van der Waals surface area contributed by atoms with Crippen LogP contribution in [0.5, 0.6) is 0 Å². The van der Waals surface area contributed by atoms with Crippen LogP contribution < -0.4 is 10.6 Å². The van der Waals surface area contributed by atoms with E-state index < -0.39 is 0 Å². The zero-order valence-electron chi connectivity index (χ0n) is 12.8. The first-order valence-corrected chi connectivity index (χ1v) is 9.20. The molecule has 1 aliphatic rings. The first-order valence-electron chi connectivity index (χ1n) is 7.63. The first-order chi connectivity index (χ1) is 12.1. The number of aromatic nitrogens is 1. The second kappa shape index (κ2) is 6.37. The molecule has 0 unspecified atom stereocenters. The zero-order valence-corrected chi connectivity index (χ0v) is 15.1. The molecule has 25 heavy (non-hydrogen) atoms. The van der Waals surface area contributed by atoms with Crippen LogP contribution in [0, 0.1) is 0 Å². The Balaban J connectivity index is 1.58. The molecule has 8 heteroatoms. The number of thiophene rings is 1. The number of hydrogen-bond acceptors (Lipinski definition) is 3. The summed E-state index contributed by atoms with van der Waals surface area (Å²) in [6.45, 7) is 0. The fraction of sp³-hybridized carbons (Fsp3) is 0.176. The lowest BCUT2D eigenvalue weighted by atomic mass is 10.1. The van der Waals surface area contributed by atoms with E-state index in [4.69, 9.17) is 23.2 Å². The quantitative estimate of drug-likeness (QED) is 0.591. The number of halogens is 2. The van der Waals surface area contributed by atoms with Crippen LogP contribution >= 0.6 is 34.5 Å². The number of amides is 2. The van der Waals surface area contributed by atoms with Gasteiger partial charge in [-0.1, -0.05) is 47.5 Å². The van der Waals surface area contributed by atoms with Crippen molar-refractivity contribution in [2.75, 3.05) is 0 Å². The molecule has 2 heterocycles. The lowest BCUT2D eigenvalue weighted by Crippen LogP contribution is -2.42. The maximum atomic E-state index is 12.6. The molecule has 0 bridgehead atoms. The van der Waals surface area contributed by atoms with Crippen LogP contribution in [0.15, 0.2) is 30.3 Å². The fourth-order valence-electron chi connectivity index (χ4n) is 3.30. The van der Waals surface area contributed by atoms with Gasteiger partial charge < -0.3 is 15.6 Å². The lowest BCUT2D eigenvalue weighted by molar-refractivity contribution is -0.110. The van der Waals surface area contributed by atoms with Gasteiger partial charge in [0.2, 0.25) is 6.41 Å². The van der Waals surface area contributed by atoms with Gasteiger partial charge in [0.05, 0.1) is 27.3 Å². The van der Waals surface area contributed by atoms with Gasteiger partial charge in [-0.05, 0) is 23.6 Å². The van der Waals surface area contributed by atoms with Gasteiger partial charge in [0.15, 0.2) is 0 Å². The molecule has 2 amide bonds. The van der Waals surface area contributed by atoms with E-state index in [-0.39, 0.29) is 18.0 Å². The minimum absolute atomic E-state index is 0.213. The number of carbonyl (C=O) groups excluding carboxylic acids is 2. The van der Waals surface area contributed by atoms with Crippen molar-refractivity contribution in [3.63, 3.8) is 0 Å². The molecule has 3 N–H and O–H groups in total. The zero-order chi connectivity index (χ0) is 17.6. The predicted octanol–water partition coefficient (Wildman–Crippen LogP) is 3.68. The maximum Gasteiger partial charge on any atom is 0.268 e. The van der Waals surface area contributed by atoms with Crippen LogP contribution in [-0.4, -0.2) is 23.3 Å². The number of aromatic amines is 1. The Labute approximate surface area is 157 Å². The molecule has 2 aromatic heterocycles. The van der Waals surface area contributed by atoms with E-state index in [2.05, 4.69) is 15.6 Å². The van der Waals surface area contributed by atoms with Crippen LogP contribution in [0.3, 0.4) is 0 Å². The van der Waals surface area contributed by atoms with Gasteiger partial charge in [-0.3, -0.25) is 9.59 Å². The van der Waals surface area contributed by atoms with Gasteiger partial charge in [-0.2, -0.15) is 0 Å². The van der Waals surface area contributed by atoms with E-state index in [0.717, 1.165) is 15.8 Å². The van der Waals surface area contributed by atoms with Crippen molar-refractivity contribution in [2.24, 2.45) is 0 Å². The molecule has 128 valence electrons. The molecular formula is C17H13Cl2N3O2S. The van der Waals surface area contributed by atoms with E-state index in [1.54, 1.807) is 6.07 Å². The van der Waals surface area contributed by atoms with Crippen LogP contribution in [0.25, 0.3) is 10.2 Å². The summed E-state index contributed by atoms with van der Waals surface area (Å²) < 4.78 is 1.33. The molecule has 2 atom stereocenters. The SMILES string of the molecule is O=CN[C@H]1c2ccccc2C[C@H]1NC(=O)c1cc2sc(Cl)c(Cl)c2[nH]1. The largest absolute Gasteiger partial charge is 0.350 e. The lowest BCUT2D eigenvalue weighted by Gasteiger charge is -2.20. The summed E-state index contributed by atoms with van der Waals surface area (Å²) in [4.78, 5) is 26.6. The maximum absolute atomic E-state index is 12.6. The van der Waals surface area contributed by atoms with E-state index >= 15 is 0 Å². The highest BCUT2D eigenvalue weighted by Gasteiger charge is 2.33. The normalized spacial score (nSPS) is 19.0. The Bertz CT molecular complexity index is 982. The molecule has 0 radical (unpaired) electrons. The topological polar surface area (TPSA) is 74.0 Å². The number of fused-ring (bicyclic) bond motifs is 2. The van der Waals surface area contributed by atoms with Crippen LogP contribution in [0.1, 0.15) is 27.7 Å². The van der Waals surface area contributed by atoms with Crippen LogP contribution in [0.4, 0.5) is 0 Å². The second-order valence-electron chi connectivity index (χ2n) is 5.86. The third-order valence-corrected chi connectivity index (χ3v) is 6.35. The molecule has 0 spiro atoms. The Morgan fingerprint density at radius 1 is 1.32 bits per heavy atom. The summed E-state index contributed by atoms with van der Waals surface area (Å²) in [5, 5.41) is 6.23. The van der Waals surface area contributed by atoms with Gasteiger partial charge in [-0.15, -0.1) is 11.3 Å². The van der Waals surface area contributed by atoms with Crippen LogP contribution in [0.2, 0.25) is 9.36 Å². The van der Waals surface area contributed by atoms with E-state index in [9.17, 15) is 9.59 Å². The first kappa shape index (κ1) is 16.4. The second-order valence-corrected chi connectivity index (χ2v) is 7.89. The number of hydrogen-bond donors (Lipinski definition) is 3. The molecular weight excluding hydrogens is 381 g/mol. The molecule has 4 rings (SSSR count). The van der Waals surface area contributed by atoms with Gasteiger partial charge >= 0.3 is 0 Å². The monoisotopic (exact) mass is 393 g/mol. The number of nitrogens with one attached hydrogen (secondary N) is 3. The van der Waals surface area contributed by atoms with Crippen molar-refractivity contribution < 1.29 is 9.59 Å². The van der Waals surface area contributed by atoms with Crippen molar-refractivity contribution in [3.8, 4) is 0 Å². The summed E-state index contributed by atoms with van der Waals surface area (Å²) in [5.41, 5.74) is 3.23. The summed E-state index contributed by atoms with van der Waals surface area (Å²) in [5.74, 6) is -0.244. The van der Waals surface area contributed by atoms with E-state index in [1.165, 1.54) is 11.3 Å². The fourth-order valence-corrected chi connectivity index (χ4v) is 4.78. The van der Waals surface area contributed by atoms with Gasteiger partial charge in [0.25, 0.3) is 5.91 Å². The minimum Gasteiger partial charge on any atom is -0.350 e. The Morgan fingerprint density at radius 3 is 2.88 bits per heavy atom. The number of benzene rings is 1. The molecule has 0 saturated heterocycles. The van der Waals surface area contributed by atoms with E-state index in [1.807, 2.05) is 24.3 Å². The third kappa shape index (κ3) is 2.80. The van der Waals surface area contributed by atoms with Gasteiger partial charge in [-0.25, -0.2) is 0 Å². The highest BCUT2D eigenvalue weighted by Crippen LogP contribution is 2.39. The molecule has 3 aromatic rings. The molecule has 5 nitrogen and oxygen atoms in total. The van der Waals surface area contributed by atoms with E-state index in [0.29, 0.717) is 33.4 Å². The van der Waals surface area contributed by atoms with Gasteiger partial charge in [0.1, 0.15) is 10.0 Å². The Kier molecular flexibility index (Phi) is 4.19. The summed E-state index contributed by atoms with van der Waals surface area (Å²) >= 11 is 13.4. The number of rotatable bonds is 4. The average Bonchev–Trinajstić information content (AvgIpc) is 3.23. The molecule has 1 aliphatic carbocycles. The third-order valence-electron chi connectivity index (χ3n) is 4.41. The average molecular weight is 394 g/mol. The Morgan fingerprint density at radius 2 is 2.12 bits per heavy atom. The molecule has 0 aliphatic heterocycles. The standard InChI is InChI=1S/C17H13Cl2N3O2S/c18-13-15-12(25-16(13)19)6-11(21-15)17(24)22-10-5-8-3-1-2-4-9(8)14(10)20-7-23/h1-4,6-7,10,14,21H,5H2,(H,20,23)(H,22,24)/t10-,14+/m1/s1. The summed E-state index contributed by atoms with van der Waals surface area (Å²) in [6.07, 6.45) is 1.33. The highest BCUT2D eigenvalue weighted by molar-refractivity contribution is 7.23. The Hall–Kier alpha value is -2.02. The van der Waals surface area contributed by atoms with Crippen LogP contribution in [-0.2, 0) is 11.2 Å². The molecule has 0 saturated carbocycles.